The maximum atomic E-state index is 11.4. The van der Waals surface area contributed by atoms with Crippen LogP contribution >= 0.6 is 56.7 Å². The van der Waals surface area contributed by atoms with Crippen molar-refractivity contribution in [3.05, 3.63) is 314 Å². The van der Waals surface area contributed by atoms with Crippen molar-refractivity contribution in [2.45, 2.75) is 130 Å². The molecule has 18 rings (SSSR count). The minimum atomic E-state index is -1.12. The number of carboxylic acid groups (broad SMARTS) is 1. The number of carboxylic acids is 1. The van der Waals surface area contributed by atoms with Crippen LogP contribution < -0.4 is 33.6 Å². The Kier molecular flexibility index (Phi) is 28.3. The summed E-state index contributed by atoms with van der Waals surface area (Å²) in [6.45, 7) is 19.2. The number of hydrogen-bond donors (Lipinski definition) is 1. The van der Waals surface area contributed by atoms with E-state index in [4.69, 9.17) is 34.4 Å². The average Bonchev–Trinajstić information content (AvgIpc) is 1.63. The fraction of sp³-hybridized carbons (Fsp3) is 0.218. The molecule has 0 radical (unpaired) electrons. The summed E-state index contributed by atoms with van der Waals surface area (Å²) in [6.07, 6.45) is 19.3. The Morgan fingerprint density at radius 2 is 0.764 bits per heavy atom. The molecule has 7 heterocycles. The lowest BCUT2D eigenvalue weighted by atomic mass is 10.0. The Balaban J connectivity index is 0.000000194. The molecular formula is C110H102N4O8S5. The van der Waals surface area contributed by atoms with Gasteiger partial charge in [-0.3, -0.25) is 0 Å². The molecule has 0 saturated carbocycles. The number of ether oxygens (including phenoxy) is 4. The number of furan rings is 2. The molecule has 0 aliphatic heterocycles. The van der Waals surface area contributed by atoms with Gasteiger partial charge >= 0.3 is 5.97 Å². The zero-order valence-corrected chi connectivity index (χ0v) is 76.1. The summed E-state index contributed by atoms with van der Waals surface area (Å²) in [5.74, 6) is 2.25. The van der Waals surface area contributed by atoms with Gasteiger partial charge in [0.2, 0.25) is 5.70 Å². The molecule has 0 fully saturated rings. The van der Waals surface area contributed by atoms with Crippen molar-refractivity contribution in [3.63, 3.8) is 0 Å². The summed E-state index contributed by atoms with van der Waals surface area (Å²) in [5.41, 5.74) is 17.8. The predicted octanol–water partition coefficient (Wildman–Crippen LogP) is 35.0. The van der Waals surface area contributed by atoms with Gasteiger partial charge in [0.15, 0.2) is 0 Å². The maximum Gasteiger partial charge on any atom is 0.317 e. The molecule has 17 heteroatoms. The molecule has 0 saturated heterocycles. The van der Waals surface area contributed by atoms with E-state index < -0.39 is 5.97 Å². The Labute approximate surface area is 763 Å². The third-order valence-electron chi connectivity index (χ3n) is 22.8. The van der Waals surface area contributed by atoms with Crippen molar-refractivity contribution < 1.29 is 37.7 Å². The van der Waals surface area contributed by atoms with E-state index in [0.717, 1.165) is 194 Å². The molecule has 0 spiro atoms. The first-order valence-corrected chi connectivity index (χ1v) is 48.6. The van der Waals surface area contributed by atoms with E-state index in [-0.39, 0.29) is 5.70 Å². The Morgan fingerprint density at radius 3 is 1.21 bits per heavy atom. The highest BCUT2D eigenvalue weighted by Gasteiger charge is 2.25. The number of unbranched alkanes of at least 4 members (excludes halogenated alkanes) is 12. The van der Waals surface area contributed by atoms with E-state index in [1.165, 1.54) is 104 Å². The number of thiophene rings is 5. The zero-order valence-electron chi connectivity index (χ0n) is 72.1. The molecule has 18 aromatic rings. The largest absolute Gasteiger partial charge is 0.493 e. The van der Waals surface area contributed by atoms with Gasteiger partial charge in [-0.2, -0.15) is 0 Å². The number of hydrogen-bond acceptors (Lipinski definition) is 15. The lowest BCUT2D eigenvalue weighted by Crippen LogP contribution is -2.09. The summed E-state index contributed by atoms with van der Waals surface area (Å²) in [4.78, 5) is 24.6. The topological polar surface area (TPSA) is 115 Å². The second kappa shape index (κ2) is 41.6. The summed E-state index contributed by atoms with van der Waals surface area (Å²) in [6, 6.07) is 103. The minimum absolute atomic E-state index is 0.137. The second-order valence-electron chi connectivity index (χ2n) is 31.8. The summed E-state index contributed by atoms with van der Waals surface area (Å²) in [7, 11) is 0. The van der Waals surface area contributed by atoms with Crippen LogP contribution in [0.4, 0.5) is 49.8 Å². The van der Waals surface area contributed by atoms with Crippen LogP contribution in [0.15, 0.2) is 306 Å². The van der Waals surface area contributed by atoms with E-state index in [1.54, 1.807) is 45.3 Å². The molecule has 0 aliphatic carbocycles. The molecule has 0 atom stereocenters. The van der Waals surface area contributed by atoms with Crippen molar-refractivity contribution in [1.29, 1.82) is 0 Å². The van der Waals surface area contributed by atoms with Gasteiger partial charge < -0.3 is 47.6 Å². The number of anilines is 9. The molecule has 0 unspecified atom stereocenters. The number of aliphatic carboxylic acids is 1. The van der Waals surface area contributed by atoms with Gasteiger partial charge in [-0.25, -0.2) is 9.64 Å². The monoisotopic (exact) mass is 1770 g/mol. The number of carbonyl (C=O) groups is 1. The van der Waals surface area contributed by atoms with E-state index in [0.29, 0.717) is 31.3 Å². The third-order valence-corrected chi connectivity index (χ3v) is 28.8. The molecule has 11 aromatic carbocycles. The van der Waals surface area contributed by atoms with Gasteiger partial charge in [0.05, 0.1) is 47.1 Å². The SMILES string of the molecule is [C-]#[N+]/C(=C\C(=O)O)c1ccc(-c2cc3sc4cc(N(c5ccc(-c6ccc(OCCCCCC)cc6OCCCCCC)cc5)c5ccc(-c6ccc(OCCCCCC)cc6OCCCCCC)cc5)ccc4c3s2)s1.c1ccc(N(c2ccc(-c3ccc(N(c4ccccc4)c4cc5oc6ccccc6c5s4)cc3)cc2)c2cc3oc4ccccc4c3s2)cc1. The van der Waals surface area contributed by atoms with Crippen LogP contribution in [0.5, 0.6) is 23.0 Å². The first-order chi connectivity index (χ1) is 62.6. The van der Waals surface area contributed by atoms with Gasteiger partial charge in [0.1, 0.15) is 55.3 Å². The molecule has 0 aliphatic rings. The van der Waals surface area contributed by atoms with E-state index in [1.807, 2.05) is 36.4 Å². The molecule has 1 N–H and O–H groups in total. The average molecular weight is 1770 g/mol. The standard InChI is InChI=1S/C66H74N2O6S3.C44H28N2O2S2/c1-6-10-14-18-38-71-52-31-34-54(58(43-52)73-40-20-16-12-8-3)47-22-26-49(27-23-47)68(50-28-24-48(25-29-50)55-35-32-53(72-39-19-15-11-7-2)44-59(55)74-41-21-17-13-9-4)51-30-33-56-62(42-51)76-64-46-63(77-66(56)64)61-37-36-60(75-61)57(67-5)45-65(69)70;1-3-11-31(12-4-1)45(41-27-39-43(49-41)35-15-7-9-17-37(35)47-39)33-23-19-29(20-24-33)30-21-25-34(26-22-30)46(32-13-5-2-6-14-32)42-28-40-44(50-42)36-16-8-10-18-38(36)48-40/h22-37,42-46H,6-21,38-41H2,1-4H3,(H,69,70);1-28H/b57-45-;. The maximum absolute atomic E-state index is 11.4. The lowest BCUT2D eigenvalue weighted by Gasteiger charge is -2.26. The Bertz CT molecular complexity index is 6480. The van der Waals surface area contributed by atoms with Crippen LogP contribution in [0.3, 0.4) is 0 Å². The first kappa shape index (κ1) is 86.5. The summed E-state index contributed by atoms with van der Waals surface area (Å²) in [5, 5.41) is 15.0. The second-order valence-corrected chi connectivity index (χ2v) is 37.1. The highest BCUT2D eigenvalue weighted by atomic mass is 32.1. The van der Waals surface area contributed by atoms with Gasteiger partial charge in [0, 0.05) is 121 Å². The van der Waals surface area contributed by atoms with E-state index in [2.05, 4.69) is 302 Å². The zero-order chi connectivity index (χ0) is 86.8. The van der Waals surface area contributed by atoms with Gasteiger partial charge in [-0.05, 0) is 194 Å². The Hall–Kier alpha value is -12.7. The number of fused-ring (bicyclic) bond motifs is 9. The highest BCUT2D eigenvalue weighted by Crippen LogP contribution is 2.51. The fourth-order valence-corrected chi connectivity index (χ4v) is 22.2. The smallest absolute Gasteiger partial charge is 0.317 e. The molecule has 640 valence electrons. The van der Waals surface area contributed by atoms with E-state index >= 15 is 0 Å². The van der Waals surface area contributed by atoms with Crippen molar-refractivity contribution in [2.24, 2.45) is 0 Å². The van der Waals surface area contributed by atoms with Crippen LogP contribution in [0, 0.1) is 6.57 Å². The minimum Gasteiger partial charge on any atom is -0.493 e. The highest BCUT2D eigenvalue weighted by molar-refractivity contribution is 7.35. The van der Waals surface area contributed by atoms with Crippen LogP contribution in [0.2, 0.25) is 0 Å². The predicted molar refractivity (Wildman–Crippen MR) is 538 cm³/mol. The van der Waals surface area contributed by atoms with Crippen LogP contribution in [0.1, 0.15) is 135 Å². The molecule has 7 aromatic heterocycles. The summed E-state index contributed by atoms with van der Waals surface area (Å²) >= 11 is 8.46. The number of para-hydroxylation sites is 4. The normalized spacial score (nSPS) is 11.6. The molecule has 0 bridgehead atoms. The summed E-state index contributed by atoms with van der Waals surface area (Å²) < 4.78 is 44.0. The molecule has 12 nitrogen and oxygen atoms in total. The van der Waals surface area contributed by atoms with E-state index in [9.17, 15) is 9.90 Å². The van der Waals surface area contributed by atoms with Gasteiger partial charge in [0.25, 0.3) is 0 Å². The number of nitrogens with zero attached hydrogens (tertiary/aromatic N) is 4. The molecular weight excluding hydrogens is 1670 g/mol. The van der Waals surface area contributed by atoms with Crippen molar-refractivity contribution in [3.8, 4) is 66.1 Å². The number of benzene rings is 11. The van der Waals surface area contributed by atoms with Crippen molar-refractivity contribution in [1.82, 2.24) is 0 Å². The Morgan fingerprint density at radius 1 is 0.346 bits per heavy atom. The first-order valence-electron chi connectivity index (χ1n) is 44.5. The fourth-order valence-electron chi connectivity index (χ4n) is 16.2. The third kappa shape index (κ3) is 20.3. The lowest BCUT2D eigenvalue weighted by molar-refractivity contribution is -0.131. The molecule has 127 heavy (non-hydrogen) atoms. The van der Waals surface area contributed by atoms with Crippen LogP contribution in [-0.4, -0.2) is 37.5 Å². The number of rotatable bonds is 39. The van der Waals surface area contributed by atoms with Crippen molar-refractivity contribution in [2.75, 3.05) is 41.1 Å². The van der Waals surface area contributed by atoms with Crippen LogP contribution in [0.25, 0.3) is 116 Å². The van der Waals surface area contributed by atoms with Gasteiger partial charge in [-0.1, -0.05) is 226 Å². The van der Waals surface area contributed by atoms with Crippen molar-refractivity contribution >= 4 is 180 Å². The van der Waals surface area contributed by atoms with Gasteiger partial charge in [-0.15, -0.1) is 56.7 Å². The quantitative estimate of drug-likeness (QED) is 0.0226. The molecule has 0 amide bonds. The van der Waals surface area contributed by atoms with Crippen LogP contribution in [-0.2, 0) is 4.79 Å².